The Kier molecular flexibility index (Phi) is 4.93. The van der Waals surface area contributed by atoms with E-state index in [2.05, 4.69) is 12.2 Å². The van der Waals surface area contributed by atoms with E-state index in [0.717, 1.165) is 11.3 Å². The lowest BCUT2D eigenvalue weighted by Gasteiger charge is -2.07. The number of nitro groups is 1. The van der Waals surface area contributed by atoms with Crippen LogP contribution in [0.25, 0.3) is 0 Å². The number of hydrogen-bond donors (Lipinski definition) is 1. The normalized spacial score (nSPS) is 10.4. The van der Waals surface area contributed by atoms with Crippen LogP contribution in [0.15, 0.2) is 29.6 Å². The molecule has 110 valence electrons. The van der Waals surface area contributed by atoms with E-state index in [9.17, 15) is 14.9 Å². The van der Waals surface area contributed by atoms with Crippen LogP contribution in [-0.4, -0.2) is 10.8 Å². The quantitative estimate of drug-likeness (QED) is 0.671. The van der Waals surface area contributed by atoms with E-state index >= 15 is 0 Å². The second-order valence-electron chi connectivity index (χ2n) is 4.33. The number of aryl methyl sites for hydroxylation is 1. The largest absolute Gasteiger partial charge is 0.347 e. The van der Waals surface area contributed by atoms with E-state index in [1.165, 1.54) is 23.8 Å². The Morgan fingerprint density at radius 1 is 1.43 bits per heavy atom. The van der Waals surface area contributed by atoms with E-state index < -0.39 is 4.92 Å². The number of carbonyl (C=O) groups is 1. The lowest BCUT2D eigenvalue weighted by atomic mass is 10.2. The van der Waals surface area contributed by atoms with Crippen molar-refractivity contribution in [2.24, 2.45) is 0 Å². The lowest BCUT2D eigenvalue weighted by molar-refractivity contribution is -0.384. The van der Waals surface area contributed by atoms with Gasteiger partial charge in [0.05, 0.1) is 22.1 Å². The predicted molar refractivity (Wildman–Crippen MR) is 83.0 cm³/mol. The highest BCUT2D eigenvalue weighted by atomic mass is 35.5. The molecule has 0 fully saturated rings. The number of hydrogen-bond acceptors (Lipinski definition) is 4. The molecule has 2 aromatic rings. The fourth-order valence-electron chi connectivity index (χ4n) is 1.89. The number of rotatable bonds is 5. The van der Waals surface area contributed by atoms with E-state index in [4.69, 9.17) is 11.6 Å². The van der Waals surface area contributed by atoms with Crippen LogP contribution >= 0.6 is 22.9 Å². The second kappa shape index (κ2) is 6.69. The minimum atomic E-state index is -0.549. The van der Waals surface area contributed by atoms with Gasteiger partial charge in [-0.15, -0.1) is 11.3 Å². The van der Waals surface area contributed by atoms with Gasteiger partial charge in [0.2, 0.25) is 0 Å². The maximum Gasteiger partial charge on any atom is 0.270 e. The molecule has 1 N–H and O–H groups in total. The standard InChI is InChI=1S/C14H13ClN2O3S/c1-2-9-5-6-21-13(9)8-16-14(18)11-4-3-10(17(19)20)7-12(11)15/h3-7H,2,8H2,1H3,(H,16,18). The SMILES string of the molecule is CCc1ccsc1CNC(=O)c1ccc([N+](=O)[O-])cc1Cl. The molecule has 2 rings (SSSR count). The molecule has 0 aliphatic heterocycles. The first-order valence-corrected chi connectivity index (χ1v) is 7.56. The van der Waals surface area contributed by atoms with Crippen molar-refractivity contribution in [3.8, 4) is 0 Å². The molecule has 0 aliphatic rings. The van der Waals surface area contributed by atoms with Crippen LogP contribution in [0.3, 0.4) is 0 Å². The molecule has 21 heavy (non-hydrogen) atoms. The third kappa shape index (κ3) is 3.59. The molecular formula is C14H13ClN2O3S. The van der Waals surface area contributed by atoms with Gasteiger partial charge in [-0.05, 0) is 29.5 Å². The van der Waals surface area contributed by atoms with Gasteiger partial charge in [0.25, 0.3) is 11.6 Å². The van der Waals surface area contributed by atoms with Crippen molar-refractivity contribution in [3.05, 3.63) is 60.8 Å². The van der Waals surface area contributed by atoms with Crippen molar-refractivity contribution in [1.82, 2.24) is 5.32 Å². The van der Waals surface area contributed by atoms with Crippen LogP contribution in [-0.2, 0) is 13.0 Å². The summed E-state index contributed by atoms with van der Waals surface area (Å²) in [6, 6.07) is 5.85. The number of carbonyl (C=O) groups excluding carboxylic acids is 1. The minimum absolute atomic E-state index is 0.0728. The third-order valence-corrected chi connectivity index (χ3v) is 4.31. The monoisotopic (exact) mass is 324 g/mol. The van der Waals surface area contributed by atoms with Gasteiger partial charge in [0.1, 0.15) is 0 Å². The number of halogens is 1. The van der Waals surface area contributed by atoms with Crippen LogP contribution in [0.5, 0.6) is 0 Å². The van der Waals surface area contributed by atoms with Crippen molar-refractivity contribution in [2.75, 3.05) is 0 Å². The van der Waals surface area contributed by atoms with Gasteiger partial charge < -0.3 is 5.32 Å². The van der Waals surface area contributed by atoms with Crippen LogP contribution in [0.2, 0.25) is 5.02 Å². The third-order valence-electron chi connectivity index (χ3n) is 3.04. The molecule has 5 nitrogen and oxygen atoms in total. The Labute approximate surface area is 130 Å². The van der Waals surface area contributed by atoms with Crippen LogP contribution in [0, 0.1) is 10.1 Å². The minimum Gasteiger partial charge on any atom is -0.347 e. The van der Waals surface area contributed by atoms with Crippen molar-refractivity contribution >= 4 is 34.5 Å². The topological polar surface area (TPSA) is 72.2 Å². The second-order valence-corrected chi connectivity index (χ2v) is 5.73. The molecule has 0 saturated carbocycles. The van der Waals surface area contributed by atoms with E-state index in [1.54, 1.807) is 11.3 Å². The molecule has 0 radical (unpaired) electrons. The van der Waals surface area contributed by atoms with Crippen LogP contribution in [0.1, 0.15) is 27.7 Å². The van der Waals surface area contributed by atoms with Gasteiger partial charge in [-0.3, -0.25) is 14.9 Å². The Bertz CT molecular complexity index is 685. The zero-order chi connectivity index (χ0) is 15.4. The maximum absolute atomic E-state index is 12.1. The summed E-state index contributed by atoms with van der Waals surface area (Å²) >= 11 is 7.51. The van der Waals surface area contributed by atoms with Gasteiger partial charge in [0, 0.05) is 17.0 Å². The molecule has 1 heterocycles. The fourth-order valence-corrected chi connectivity index (χ4v) is 3.07. The van der Waals surface area contributed by atoms with E-state index in [1.807, 2.05) is 11.4 Å². The number of nitro benzene ring substituents is 1. The first-order chi connectivity index (χ1) is 10.0. The summed E-state index contributed by atoms with van der Waals surface area (Å²) in [6.45, 7) is 2.48. The molecule has 0 bridgehead atoms. The number of benzene rings is 1. The average molecular weight is 325 g/mol. The van der Waals surface area contributed by atoms with Gasteiger partial charge in [-0.25, -0.2) is 0 Å². The molecule has 0 spiro atoms. The molecule has 0 saturated heterocycles. The van der Waals surface area contributed by atoms with E-state index in [0.29, 0.717) is 6.54 Å². The summed E-state index contributed by atoms with van der Waals surface area (Å²) < 4.78 is 0. The van der Waals surface area contributed by atoms with Gasteiger partial charge in [-0.2, -0.15) is 0 Å². The Hall–Kier alpha value is -1.92. The fraction of sp³-hybridized carbons (Fsp3) is 0.214. The molecule has 1 amide bonds. The Morgan fingerprint density at radius 2 is 2.19 bits per heavy atom. The summed E-state index contributed by atoms with van der Waals surface area (Å²) in [4.78, 5) is 23.3. The maximum atomic E-state index is 12.1. The van der Waals surface area contributed by atoms with E-state index in [-0.39, 0.29) is 22.2 Å². The van der Waals surface area contributed by atoms with Crippen molar-refractivity contribution in [3.63, 3.8) is 0 Å². The summed E-state index contributed by atoms with van der Waals surface area (Å²) in [7, 11) is 0. The summed E-state index contributed by atoms with van der Waals surface area (Å²) in [6.07, 6.45) is 0.910. The Morgan fingerprint density at radius 3 is 2.81 bits per heavy atom. The van der Waals surface area contributed by atoms with Crippen LogP contribution in [0.4, 0.5) is 5.69 Å². The van der Waals surface area contributed by atoms with Gasteiger partial charge in [-0.1, -0.05) is 18.5 Å². The molecule has 7 heteroatoms. The highest BCUT2D eigenvalue weighted by Gasteiger charge is 2.15. The number of non-ortho nitro benzene ring substituents is 1. The summed E-state index contributed by atoms with van der Waals surface area (Å²) in [5.41, 5.74) is 1.30. The first kappa shape index (κ1) is 15.5. The number of amides is 1. The molecular weight excluding hydrogens is 312 g/mol. The summed E-state index contributed by atoms with van der Waals surface area (Å²) in [5.74, 6) is -0.342. The number of thiophene rings is 1. The summed E-state index contributed by atoms with van der Waals surface area (Å²) in [5, 5.41) is 15.5. The molecule has 1 aromatic carbocycles. The smallest absolute Gasteiger partial charge is 0.270 e. The first-order valence-electron chi connectivity index (χ1n) is 6.30. The lowest BCUT2D eigenvalue weighted by Crippen LogP contribution is -2.23. The molecule has 0 atom stereocenters. The van der Waals surface area contributed by atoms with Crippen molar-refractivity contribution < 1.29 is 9.72 Å². The Balaban J connectivity index is 2.09. The highest BCUT2D eigenvalue weighted by Crippen LogP contribution is 2.23. The van der Waals surface area contributed by atoms with Crippen molar-refractivity contribution in [1.29, 1.82) is 0 Å². The van der Waals surface area contributed by atoms with Gasteiger partial charge >= 0.3 is 0 Å². The zero-order valence-electron chi connectivity index (χ0n) is 11.3. The molecule has 0 aliphatic carbocycles. The van der Waals surface area contributed by atoms with Crippen molar-refractivity contribution in [2.45, 2.75) is 19.9 Å². The number of nitrogens with one attached hydrogen (secondary N) is 1. The van der Waals surface area contributed by atoms with Gasteiger partial charge in [0.15, 0.2) is 0 Å². The number of nitrogens with zero attached hydrogens (tertiary/aromatic N) is 1. The van der Waals surface area contributed by atoms with Crippen LogP contribution < -0.4 is 5.32 Å². The predicted octanol–water partition coefficient (Wildman–Crippen LogP) is 3.80. The molecule has 0 unspecified atom stereocenters. The molecule has 1 aromatic heterocycles. The highest BCUT2D eigenvalue weighted by molar-refractivity contribution is 7.10. The average Bonchev–Trinajstić information content (AvgIpc) is 2.91. The zero-order valence-corrected chi connectivity index (χ0v) is 12.8.